The van der Waals surface area contributed by atoms with E-state index in [1.54, 1.807) is 12.1 Å². The predicted molar refractivity (Wildman–Crippen MR) is 78.6 cm³/mol. The van der Waals surface area contributed by atoms with Crippen molar-refractivity contribution in [2.75, 3.05) is 19.8 Å². The van der Waals surface area contributed by atoms with Gasteiger partial charge in [0.15, 0.2) is 0 Å². The van der Waals surface area contributed by atoms with Crippen molar-refractivity contribution in [1.29, 1.82) is 0 Å². The lowest BCUT2D eigenvalue weighted by Crippen LogP contribution is -2.12. The van der Waals surface area contributed by atoms with E-state index in [2.05, 4.69) is 0 Å². The zero-order valence-corrected chi connectivity index (χ0v) is 12.3. The Bertz CT molecular complexity index is 456. The molecule has 0 spiro atoms. The molecule has 0 unspecified atom stereocenters. The van der Waals surface area contributed by atoms with Crippen LogP contribution in [0.25, 0.3) is 0 Å². The Kier molecular flexibility index (Phi) is 8.12. The van der Waals surface area contributed by atoms with E-state index in [9.17, 15) is 9.59 Å². The number of hydrogen-bond acceptors (Lipinski definition) is 4. The summed E-state index contributed by atoms with van der Waals surface area (Å²) in [6.45, 7) is 3.78. The van der Waals surface area contributed by atoms with Gasteiger partial charge in [-0.05, 0) is 38.3 Å². The van der Waals surface area contributed by atoms with Crippen LogP contribution in [0.1, 0.15) is 53.3 Å². The molecule has 1 aromatic carbocycles. The van der Waals surface area contributed by atoms with Crippen molar-refractivity contribution in [3.05, 3.63) is 35.4 Å². The molecule has 0 atom stereocenters. The first-order valence-electron chi connectivity index (χ1n) is 7.24. The van der Waals surface area contributed by atoms with Crippen LogP contribution < -0.4 is 0 Å². The third-order valence-corrected chi connectivity index (χ3v) is 3.00. The second-order valence-electron chi connectivity index (χ2n) is 4.60. The van der Waals surface area contributed by atoms with Gasteiger partial charge in [0, 0.05) is 13.2 Å². The van der Waals surface area contributed by atoms with Crippen LogP contribution >= 0.6 is 0 Å². The van der Waals surface area contributed by atoms with Gasteiger partial charge in [-0.3, -0.25) is 0 Å². The average molecular weight is 294 g/mol. The van der Waals surface area contributed by atoms with Crippen molar-refractivity contribution in [3.63, 3.8) is 0 Å². The summed E-state index contributed by atoms with van der Waals surface area (Å²) in [4.78, 5) is 22.8. The zero-order chi connectivity index (χ0) is 15.5. The van der Waals surface area contributed by atoms with Crippen LogP contribution in [0.15, 0.2) is 24.3 Å². The first kappa shape index (κ1) is 17.2. The molecule has 0 heterocycles. The molecular weight excluding hydrogens is 272 g/mol. The SMILES string of the molecule is CCOCCCCCCOC(=O)c1ccccc1C(=O)O. The van der Waals surface area contributed by atoms with Gasteiger partial charge in [-0.2, -0.15) is 0 Å². The van der Waals surface area contributed by atoms with E-state index in [-0.39, 0.29) is 11.1 Å². The number of hydrogen-bond donors (Lipinski definition) is 1. The second-order valence-corrected chi connectivity index (χ2v) is 4.60. The van der Waals surface area contributed by atoms with E-state index in [4.69, 9.17) is 14.6 Å². The van der Waals surface area contributed by atoms with E-state index in [0.717, 1.165) is 38.9 Å². The highest BCUT2D eigenvalue weighted by atomic mass is 16.5. The fourth-order valence-corrected chi connectivity index (χ4v) is 1.89. The first-order valence-corrected chi connectivity index (χ1v) is 7.24. The Hall–Kier alpha value is -1.88. The Balaban J connectivity index is 2.27. The highest BCUT2D eigenvalue weighted by molar-refractivity contribution is 6.02. The van der Waals surface area contributed by atoms with E-state index in [0.29, 0.717) is 6.61 Å². The summed E-state index contributed by atoms with van der Waals surface area (Å²) in [7, 11) is 0. The second kappa shape index (κ2) is 9.94. The molecule has 5 nitrogen and oxygen atoms in total. The molecule has 0 amide bonds. The summed E-state index contributed by atoms with van der Waals surface area (Å²) >= 11 is 0. The number of carbonyl (C=O) groups is 2. The molecule has 0 aliphatic heterocycles. The van der Waals surface area contributed by atoms with Gasteiger partial charge in [-0.25, -0.2) is 9.59 Å². The van der Waals surface area contributed by atoms with Gasteiger partial charge >= 0.3 is 11.9 Å². The molecule has 116 valence electrons. The zero-order valence-electron chi connectivity index (χ0n) is 12.3. The third kappa shape index (κ3) is 6.40. The van der Waals surface area contributed by atoms with Crippen LogP contribution in [0, 0.1) is 0 Å². The van der Waals surface area contributed by atoms with Gasteiger partial charge in [0.1, 0.15) is 0 Å². The molecule has 0 aromatic heterocycles. The largest absolute Gasteiger partial charge is 0.478 e. The molecule has 1 N–H and O–H groups in total. The number of aromatic carboxylic acids is 1. The van der Waals surface area contributed by atoms with Crippen molar-refractivity contribution >= 4 is 11.9 Å². The third-order valence-electron chi connectivity index (χ3n) is 3.00. The minimum atomic E-state index is -1.13. The van der Waals surface area contributed by atoms with Gasteiger partial charge < -0.3 is 14.6 Å². The molecular formula is C16H22O5. The summed E-state index contributed by atoms with van der Waals surface area (Å²) in [5.74, 6) is -1.71. The number of esters is 1. The smallest absolute Gasteiger partial charge is 0.339 e. The van der Waals surface area contributed by atoms with Gasteiger partial charge in [0.2, 0.25) is 0 Å². The van der Waals surface area contributed by atoms with Gasteiger partial charge in [0.25, 0.3) is 0 Å². The first-order chi connectivity index (χ1) is 10.2. The monoisotopic (exact) mass is 294 g/mol. The van der Waals surface area contributed by atoms with E-state index in [1.165, 1.54) is 12.1 Å². The number of rotatable bonds is 10. The van der Waals surface area contributed by atoms with Gasteiger partial charge in [-0.15, -0.1) is 0 Å². The summed E-state index contributed by atoms with van der Waals surface area (Å²) in [5, 5.41) is 9.01. The number of carbonyl (C=O) groups excluding carboxylic acids is 1. The molecule has 0 saturated heterocycles. The fourth-order valence-electron chi connectivity index (χ4n) is 1.89. The number of unbranched alkanes of at least 4 members (excludes halogenated alkanes) is 3. The van der Waals surface area contributed by atoms with Crippen LogP contribution in [0.5, 0.6) is 0 Å². The molecule has 5 heteroatoms. The Morgan fingerprint density at radius 3 is 2.24 bits per heavy atom. The lowest BCUT2D eigenvalue weighted by molar-refractivity contribution is 0.0486. The maximum atomic E-state index is 11.8. The Morgan fingerprint density at radius 1 is 1.00 bits per heavy atom. The van der Waals surface area contributed by atoms with Crippen molar-refractivity contribution in [3.8, 4) is 0 Å². The van der Waals surface area contributed by atoms with Crippen molar-refractivity contribution in [2.24, 2.45) is 0 Å². The lowest BCUT2D eigenvalue weighted by atomic mass is 10.1. The summed E-state index contributed by atoms with van der Waals surface area (Å²) < 4.78 is 10.3. The predicted octanol–water partition coefficient (Wildman–Crippen LogP) is 3.14. The molecule has 0 radical (unpaired) electrons. The van der Waals surface area contributed by atoms with E-state index >= 15 is 0 Å². The van der Waals surface area contributed by atoms with Crippen LogP contribution in [-0.4, -0.2) is 36.9 Å². The molecule has 21 heavy (non-hydrogen) atoms. The van der Waals surface area contributed by atoms with Crippen LogP contribution in [-0.2, 0) is 9.47 Å². The van der Waals surface area contributed by atoms with Crippen LogP contribution in [0.2, 0.25) is 0 Å². The molecule has 1 aromatic rings. The summed E-state index contributed by atoms with van der Waals surface area (Å²) in [6.07, 6.45) is 3.76. The topological polar surface area (TPSA) is 72.8 Å². The van der Waals surface area contributed by atoms with E-state index < -0.39 is 11.9 Å². The van der Waals surface area contributed by atoms with Crippen molar-refractivity contribution in [1.82, 2.24) is 0 Å². The molecule has 1 rings (SSSR count). The standard InChI is InChI=1S/C16H22O5/c1-2-20-11-7-3-4-8-12-21-16(19)14-10-6-5-9-13(14)15(17)18/h5-6,9-10H,2-4,7-8,11-12H2,1H3,(H,17,18). The molecule has 0 fully saturated rings. The number of carboxylic acids is 1. The molecule has 0 aliphatic rings. The summed E-state index contributed by atoms with van der Waals surface area (Å²) in [5.41, 5.74) is 0.0700. The fraction of sp³-hybridized carbons (Fsp3) is 0.500. The van der Waals surface area contributed by atoms with Gasteiger partial charge in [-0.1, -0.05) is 18.6 Å². The van der Waals surface area contributed by atoms with E-state index in [1.807, 2.05) is 6.92 Å². The number of benzene rings is 1. The van der Waals surface area contributed by atoms with Gasteiger partial charge in [0.05, 0.1) is 17.7 Å². The maximum absolute atomic E-state index is 11.8. The molecule has 0 saturated carbocycles. The lowest BCUT2D eigenvalue weighted by Gasteiger charge is -2.07. The molecule has 0 bridgehead atoms. The quantitative estimate of drug-likeness (QED) is 0.530. The maximum Gasteiger partial charge on any atom is 0.339 e. The van der Waals surface area contributed by atoms with Crippen LogP contribution in [0.4, 0.5) is 0 Å². The van der Waals surface area contributed by atoms with Crippen LogP contribution in [0.3, 0.4) is 0 Å². The highest BCUT2D eigenvalue weighted by Gasteiger charge is 2.16. The average Bonchev–Trinajstić information content (AvgIpc) is 2.49. The molecule has 0 aliphatic carbocycles. The van der Waals surface area contributed by atoms with Crippen molar-refractivity contribution < 1.29 is 24.2 Å². The minimum absolute atomic E-state index is 0.0285. The minimum Gasteiger partial charge on any atom is -0.478 e. The number of carboxylic acid groups (broad SMARTS) is 1. The highest BCUT2D eigenvalue weighted by Crippen LogP contribution is 2.11. The number of ether oxygens (including phenoxy) is 2. The Morgan fingerprint density at radius 2 is 1.62 bits per heavy atom. The summed E-state index contributed by atoms with van der Waals surface area (Å²) in [6, 6.07) is 6.07. The normalized spacial score (nSPS) is 10.3. The Labute approximate surface area is 124 Å². The van der Waals surface area contributed by atoms with Crippen molar-refractivity contribution in [2.45, 2.75) is 32.6 Å².